The molecule has 2 heterocycles. The molecule has 0 radical (unpaired) electrons. The molecule has 2 N–H and O–H groups in total. The topological polar surface area (TPSA) is 146 Å². The van der Waals surface area contributed by atoms with Crippen LogP contribution in [-0.2, 0) is 17.1 Å². The number of hydrogen-bond acceptors (Lipinski definition) is 8. The van der Waals surface area contributed by atoms with Crippen LogP contribution in [0.1, 0.15) is 34.8 Å². The number of para-hydroxylation sites is 2. The molecular formula is C24H24FeN2O6. The summed E-state index contributed by atoms with van der Waals surface area (Å²) in [5.41, 5.74) is 1.28. The minimum Gasteiger partial charge on any atom is -0.543 e. The molecule has 8 nitrogen and oxygen atoms in total. The van der Waals surface area contributed by atoms with Crippen LogP contribution in [0.4, 0.5) is 0 Å². The third-order valence-corrected chi connectivity index (χ3v) is 3.62. The molecule has 0 aliphatic carbocycles. The number of carbonyl (C=O) groups excluding carboxylic acids is 2. The summed E-state index contributed by atoms with van der Waals surface area (Å²) in [4.78, 5) is 28.8. The summed E-state index contributed by atoms with van der Waals surface area (Å²) < 4.78 is 0. The number of aliphatic hydroxyl groups excluding tert-OH is 2. The first-order valence-corrected chi connectivity index (χ1v) is 9.73. The van der Waals surface area contributed by atoms with E-state index >= 15 is 0 Å². The first-order chi connectivity index (χ1) is 15.4. The maximum atomic E-state index is 10.5. The van der Waals surface area contributed by atoms with Gasteiger partial charge < -0.3 is 30.0 Å². The third-order valence-electron chi connectivity index (χ3n) is 3.62. The van der Waals surface area contributed by atoms with Crippen LogP contribution in [0.5, 0.6) is 0 Å². The summed E-state index contributed by atoms with van der Waals surface area (Å²) in [6.45, 7) is 3.86. The van der Waals surface area contributed by atoms with Gasteiger partial charge in [-0.3, -0.25) is 0 Å². The quantitative estimate of drug-likeness (QED) is 0.397. The van der Waals surface area contributed by atoms with Gasteiger partial charge in [-0.15, -0.1) is 0 Å². The molecule has 2 aromatic carbocycles. The van der Waals surface area contributed by atoms with Crippen LogP contribution in [-0.4, -0.2) is 45.3 Å². The van der Waals surface area contributed by atoms with Crippen molar-refractivity contribution >= 4 is 33.7 Å². The molecule has 174 valence electrons. The van der Waals surface area contributed by atoms with Crippen LogP contribution in [0.25, 0.3) is 21.8 Å². The Bertz CT molecular complexity index is 1060. The van der Waals surface area contributed by atoms with Crippen molar-refractivity contribution in [1.82, 2.24) is 9.97 Å². The molecule has 0 saturated heterocycles. The fourth-order valence-corrected chi connectivity index (χ4v) is 2.36. The Balaban J connectivity index is 0.000000491. The standard InChI is InChI=1S/2C10H7NO2.2C2H6O.Fe/c2*12-10(13)9-6-5-7-3-1-2-4-8(7)11-9;2*1-2-3;/h2*1-6H,(H,12,13);2*3H,2H2,1H3;/q;;;;+2/p-2. The van der Waals surface area contributed by atoms with Crippen molar-refractivity contribution in [2.45, 2.75) is 13.8 Å². The Morgan fingerprint density at radius 1 is 0.667 bits per heavy atom. The van der Waals surface area contributed by atoms with Gasteiger partial charge in [0.15, 0.2) is 0 Å². The van der Waals surface area contributed by atoms with E-state index in [1.54, 1.807) is 38.1 Å². The van der Waals surface area contributed by atoms with E-state index in [1.165, 1.54) is 12.1 Å². The van der Waals surface area contributed by atoms with Crippen LogP contribution in [0, 0.1) is 0 Å². The van der Waals surface area contributed by atoms with Crippen molar-refractivity contribution in [1.29, 1.82) is 0 Å². The van der Waals surface area contributed by atoms with Gasteiger partial charge in [0, 0.05) is 24.0 Å². The van der Waals surface area contributed by atoms with Gasteiger partial charge >= 0.3 is 17.1 Å². The van der Waals surface area contributed by atoms with Crippen LogP contribution in [0.15, 0.2) is 72.8 Å². The molecule has 4 rings (SSSR count). The molecule has 2 aromatic heterocycles. The van der Waals surface area contributed by atoms with Crippen molar-refractivity contribution in [3.63, 3.8) is 0 Å². The number of pyridine rings is 2. The number of carboxylic acid groups (broad SMARTS) is 2. The van der Waals surface area contributed by atoms with Gasteiger partial charge in [-0.1, -0.05) is 48.5 Å². The van der Waals surface area contributed by atoms with Crippen molar-refractivity contribution < 1.29 is 47.1 Å². The molecule has 0 aliphatic rings. The third kappa shape index (κ3) is 10.2. The number of hydrogen-bond donors (Lipinski definition) is 2. The van der Waals surface area contributed by atoms with E-state index in [2.05, 4.69) is 9.97 Å². The summed E-state index contributed by atoms with van der Waals surface area (Å²) in [5.74, 6) is -2.49. The Labute approximate surface area is 202 Å². The Morgan fingerprint density at radius 3 is 1.27 bits per heavy atom. The molecule has 0 bridgehead atoms. The zero-order valence-corrected chi connectivity index (χ0v) is 19.2. The number of fused-ring (bicyclic) bond motifs is 2. The number of aromatic carboxylic acids is 2. The van der Waals surface area contributed by atoms with Gasteiger partial charge in [-0.2, -0.15) is 0 Å². The van der Waals surface area contributed by atoms with Crippen molar-refractivity contribution in [3.8, 4) is 0 Å². The predicted molar refractivity (Wildman–Crippen MR) is 118 cm³/mol. The second-order valence-corrected chi connectivity index (χ2v) is 5.99. The minimum atomic E-state index is -1.24. The van der Waals surface area contributed by atoms with E-state index in [1.807, 2.05) is 36.4 Å². The zero-order valence-electron chi connectivity index (χ0n) is 18.1. The molecule has 0 aliphatic heterocycles. The molecule has 0 saturated carbocycles. The summed E-state index contributed by atoms with van der Waals surface area (Å²) in [7, 11) is 0. The monoisotopic (exact) mass is 492 g/mol. The minimum absolute atomic E-state index is 0. The van der Waals surface area contributed by atoms with Gasteiger partial charge in [-0.25, -0.2) is 9.97 Å². The van der Waals surface area contributed by atoms with Crippen molar-refractivity contribution in [3.05, 3.63) is 84.2 Å². The average Bonchev–Trinajstić information content (AvgIpc) is 2.80. The van der Waals surface area contributed by atoms with E-state index in [9.17, 15) is 19.8 Å². The molecular weight excluding hydrogens is 468 g/mol. The van der Waals surface area contributed by atoms with Crippen LogP contribution < -0.4 is 10.2 Å². The van der Waals surface area contributed by atoms with Gasteiger partial charge in [0.05, 0.1) is 34.4 Å². The van der Waals surface area contributed by atoms with Gasteiger partial charge in [0.2, 0.25) is 0 Å². The fourth-order valence-electron chi connectivity index (χ4n) is 2.36. The Hall–Kier alpha value is -3.36. The first kappa shape index (κ1) is 29.6. The van der Waals surface area contributed by atoms with E-state index in [0.29, 0.717) is 11.0 Å². The average molecular weight is 492 g/mol. The van der Waals surface area contributed by atoms with E-state index < -0.39 is 11.9 Å². The molecule has 0 amide bonds. The number of nitrogens with zero attached hydrogens (tertiary/aromatic N) is 2. The summed E-state index contributed by atoms with van der Waals surface area (Å²) >= 11 is 0. The number of carboxylic acids is 2. The summed E-state index contributed by atoms with van der Waals surface area (Å²) in [5, 5.41) is 37.9. The molecule has 0 unspecified atom stereocenters. The second-order valence-electron chi connectivity index (χ2n) is 5.99. The van der Waals surface area contributed by atoms with Gasteiger partial charge in [0.1, 0.15) is 0 Å². The summed E-state index contributed by atoms with van der Waals surface area (Å²) in [6.07, 6.45) is 0. The number of carbonyl (C=O) groups is 2. The zero-order chi connectivity index (χ0) is 23.9. The van der Waals surface area contributed by atoms with Gasteiger partial charge in [0.25, 0.3) is 0 Å². The maximum absolute atomic E-state index is 10.5. The van der Waals surface area contributed by atoms with Crippen molar-refractivity contribution in [2.75, 3.05) is 13.2 Å². The SMILES string of the molecule is CCO.CCO.O=C([O-])c1ccc2ccccc2n1.O=C([O-])c1ccc2ccccc2n1.[Fe+2]. The Kier molecular flexibility index (Phi) is 14.6. The number of aromatic nitrogens is 2. The molecule has 9 heteroatoms. The normalized spacial score (nSPS) is 9.09. The van der Waals surface area contributed by atoms with Crippen LogP contribution >= 0.6 is 0 Å². The first-order valence-electron chi connectivity index (χ1n) is 9.73. The second kappa shape index (κ2) is 16.3. The maximum Gasteiger partial charge on any atom is 2.00 e. The predicted octanol–water partition coefficient (Wildman–Crippen LogP) is 1.19. The Morgan fingerprint density at radius 2 is 0.970 bits per heavy atom. The van der Waals surface area contributed by atoms with Gasteiger partial charge in [-0.05, 0) is 38.1 Å². The fraction of sp³-hybridized carbons (Fsp3) is 0.167. The number of aliphatic hydroxyl groups is 2. The van der Waals surface area contributed by atoms with E-state index in [0.717, 1.165) is 10.8 Å². The molecule has 0 fully saturated rings. The smallest absolute Gasteiger partial charge is 0.543 e. The van der Waals surface area contributed by atoms with E-state index in [-0.39, 0.29) is 41.7 Å². The largest absolute Gasteiger partial charge is 2.00 e. The van der Waals surface area contributed by atoms with Crippen molar-refractivity contribution in [2.24, 2.45) is 0 Å². The van der Waals surface area contributed by atoms with E-state index in [4.69, 9.17) is 10.2 Å². The molecule has 33 heavy (non-hydrogen) atoms. The number of benzene rings is 2. The number of rotatable bonds is 2. The van der Waals surface area contributed by atoms with Crippen LogP contribution in [0.2, 0.25) is 0 Å². The van der Waals surface area contributed by atoms with Crippen LogP contribution in [0.3, 0.4) is 0 Å². The summed E-state index contributed by atoms with van der Waals surface area (Å²) in [6, 6.07) is 21.0. The molecule has 0 atom stereocenters. The molecule has 0 spiro atoms. The molecule has 4 aromatic rings.